The Hall–Kier alpha value is -1.06. The van der Waals surface area contributed by atoms with E-state index in [0.29, 0.717) is 6.04 Å². The minimum absolute atomic E-state index is 0.526. The summed E-state index contributed by atoms with van der Waals surface area (Å²) in [5, 5.41) is 8.08. The van der Waals surface area contributed by atoms with Gasteiger partial charge in [0.1, 0.15) is 11.5 Å². The molecule has 2 rings (SSSR count). The van der Waals surface area contributed by atoms with E-state index in [1.54, 1.807) is 0 Å². The van der Waals surface area contributed by atoms with Gasteiger partial charge < -0.3 is 5.73 Å². The van der Waals surface area contributed by atoms with E-state index in [2.05, 4.69) is 10.3 Å². The van der Waals surface area contributed by atoms with Gasteiger partial charge in [0.25, 0.3) is 0 Å². The highest BCUT2D eigenvalue weighted by molar-refractivity contribution is 5.34. The van der Waals surface area contributed by atoms with Crippen molar-refractivity contribution >= 4 is 5.82 Å². The summed E-state index contributed by atoms with van der Waals surface area (Å²) in [6.45, 7) is 2.05. The number of aryl methyl sites for hydroxylation is 1. The Morgan fingerprint density at radius 3 is 2.75 bits per heavy atom. The van der Waals surface area contributed by atoms with E-state index in [1.165, 1.54) is 19.3 Å². The van der Waals surface area contributed by atoms with Gasteiger partial charge in [0.15, 0.2) is 0 Å². The predicted molar refractivity (Wildman–Crippen MR) is 46.7 cm³/mol. The number of aromatic nitrogens is 3. The molecule has 0 bridgehead atoms. The summed E-state index contributed by atoms with van der Waals surface area (Å²) in [7, 11) is 0. The van der Waals surface area contributed by atoms with Crippen LogP contribution in [0.4, 0.5) is 5.82 Å². The van der Waals surface area contributed by atoms with Crippen LogP contribution in [0.2, 0.25) is 0 Å². The minimum atomic E-state index is 0.526. The lowest BCUT2D eigenvalue weighted by Crippen LogP contribution is -2.20. The lowest BCUT2D eigenvalue weighted by Gasteiger charge is -2.25. The Morgan fingerprint density at radius 2 is 2.33 bits per heavy atom. The van der Waals surface area contributed by atoms with Crippen LogP contribution in [0, 0.1) is 0 Å². The first-order valence-corrected chi connectivity index (χ1v) is 4.52. The number of anilines is 1. The van der Waals surface area contributed by atoms with E-state index < -0.39 is 0 Å². The fourth-order valence-corrected chi connectivity index (χ4v) is 1.49. The van der Waals surface area contributed by atoms with Crippen LogP contribution < -0.4 is 5.73 Å². The van der Waals surface area contributed by atoms with Gasteiger partial charge in [-0.3, -0.25) is 0 Å². The first-order valence-electron chi connectivity index (χ1n) is 4.52. The zero-order chi connectivity index (χ0) is 8.55. The standard InChI is InChI=1S/C8H14N4/c1-2-7-8(9)12(11-10-7)6-4-3-5-6/h6H,2-5,9H2,1H3. The molecule has 4 heteroatoms. The third-order valence-corrected chi connectivity index (χ3v) is 2.56. The molecular weight excluding hydrogens is 152 g/mol. The summed E-state index contributed by atoms with van der Waals surface area (Å²) < 4.78 is 1.88. The van der Waals surface area contributed by atoms with E-state index in [-0.39, 0.29) is 0 Å². The highest BCUT2D eigenvalue weighted by atomic mass is 15.5. The number of rotatable bonds is 2. The van der Waals surface area contributed by atoms with Crippen LogP contribution in [-0.4, -0.2) is 15.0 Å². The van der Waals surface area contributed by atoms with Gasteiger partial charge in [-0.25, -0.2) is 4.68 Å². The maximum Gasteiger partial charge on any atom is 0.145 e. The average molecular weight is 166 g/mol. The van der Waals surface area contributed by atoms with Gasteiger partial charge in [-0.1, -0.05) is 12.1 Å². The molecule has 0 amide bonds. The molecule has 0 radical (unpaired) electrons. The van der Waals surface area contributed by atoms with Crippen molar-refractivity contribution in [3.63, 3.8) is 0 Å². The van der Waals surface area contributed by atoms with Gasteiger partial charge in [0.2, 0.25) is 0 Å². The van der Waals surface area contributed by atoms with E-state index in [1.807, 2.05) is 11.6 Å². The lowest BCUT2D eigenvalue weighted by molar-refractivity contribution is 0.288. The molecule has 12 heavy (non-hydrogen) atoms. The molecule has 2 N–H and O–H groups in total. The molecule has 1 saturated carbocycles. The highest BCUT2D eigenvalue weighted by Gasteiger charge is 2.23. The highest BCUT2D eigenvalue weighted by Crippen LogP contribution is 2.32. The SMILES string of the molecule is CCc1nnn(C2CCC2)c1N. The number of hydrogen-bond donors (Lipinski definition) is 1. The molecule has 0 atom stereocenters. The van der Waals surface area contributed by atoms with Crippen molar-refractivity contribution in [2.45, 2.75) is 38.6 Å². The van der Waals surface area contributed by atoms with E-state index in [0.717, 1.165) is 17.9 Å². The average Bonchev–Trinajstić information content (AvgIpc) is 2.30. The molecule has 66 valence electrons. The Morgan fingerprint density at radius 1 is 1.58 bits per heavy atom. The smallest absolute Gasteiger partial charge is 0.145 e. The number of nitrogens with two attached hydrogens (primary N) is 1. The van der Waals surface area contributed by atoms with Gasteiger partial charge in [-0.2, -0.15) is 0 Å². The van der Waals surface area contributed by atoms with Crippen LogP contribution in [0.15, 0.2) is 0 Å². The van der Waals surface area contributed by atoms with Crippen LogP contribution in [0.5, 0.6) is 0 Å². The fraction of sp³-hybridized carbons (Fsp3) is 0.750. The molecule has 0 unspecified atom stereocenters. The van der Waals surface area contributed by atoms with Crippen LogP contribution in [0.25, 0.3) is 0 Å². The first kappa shape index (κ1) is 7.58. The van der Waals surface area contributed by atoms with Crippen LogP contribution in [0.1, 0.15) is 37.9 Å². The van der Waals surface area contributed by atoms with E-state index in [4.69, 9.17) is 5.73 Å². The summed E-state index contributed by atoms with van der Waals surface area (Å²) >= 11 is 0. The largest absolute Gasteiger partial charge is 0.382 e. The Kier molecular flexibility index (Phi) is 1.75. The second-order valence-corrected chi connectivity index (χ2v) is 3.30. The van der Waals surface area contributed by atoms with Crippen LogP contribution >= 0.6 is 0 Å². The first-order chi connectivity index (χ1) is 5.83. The second-order valence-electron chi connectivity index (χ2n) is 3.30. The molecule has 1 heterocycles. The van der Waals surface area contributed by atoms with Crippen molar-refractivity contribution < 1.29 is 0 Å². The minimum Gasteiger partial charge on any atom is -0.382 e. The molecule has 0 aromatic carbocycles. The normalized spacial score (nSPS) is 17.8. The zero-order valence-electron chi connectivity index (χ0n) is 7.32. The van der Waals surface area contributed by atoms with Crippen molar-refractivity contribution in [1.29, 1.82) is 0 Å². The molecular formula is C8H14N4. The molecule has 0 aliphatic heterocycles. The third kappa shape index (κ3) is 0.983. The molecule has 1 aromatic heterocycles. The molecule has 1 fully saturated rings. The maximum absolute atomic E-state index is 5.86. The van der Waals surface area contributed by atoms with Crippen LogP contribution in [-0.2, 0) is 6.42 Å². The molecule has 1 aliphatic rings. The van der Waals surface area contributed by atoms with Gasteiger partial charge in [0, 0.05) is 0 Å². The molecule has 1 aliphatic carbocycles. The molecule has 0 saturated heterocycles. The topological polar surface area (TPSA) is 56.7 Å². The van der Waals surface area contributed by atoms with Crippen molar-refractivity contribution in [2.75, 3.05) is 5.73 Å². The van der Waals surface area contributed by atoms with Crippen molar-refractivity contribution in [1.82, 2.24) is 15.0 Å². The van der Waals surface area contributed by atoms with Gasteiger partial charge in [-0.05, 0) is 25.7 Å². The van der Waals surface area contributed by atoms with Crippen molar-refractivity contribution in [2.24, 2.45) is 0 Å². The maximum atomic E-state index is 5.86. The van der Waals surface area contributed by atoms with E-state index in [9.17, 15) is 0 Å². The van der Waals surface area contributed by atoms with Gasteiger partial charge >= 0.3 is 0 Å². The Labute approximate surface area is 71.8 Å². The van der Waals surface area contributed by atoms with E-state index >= 15 is 0 Å². The zero-order valence-corrected chi connectivity index (χ0v) is 7.32. The van der Waals surface area contributed by atoms with Crippen molar-refractivity contribution in [3.8, 4) is 0 Å². The Balaban J connectivity index is 2.25. The third-order valence-electron chi connectivity index (χ3n) is 2.56. The van der Waals surface area contributed by atoms with Crippen molar-refractivity contribution in [3.05, 3.63) is 5.69 Å². The molecule has 4 nitrogen and oxygen atoms in total. The summed E-state index contributed by atoms with van der Waals surface area (Å²) in [6, 6.07) is 0.526. The summed E-state index contributed by atoms with van der Waals surface area (Å²) in [5.74, 6) is 0.766. The second kappa shape index (κ2) is 2.77. The Bertz CT molecular complexity index is 275. The monoisotopic (exact) mass is 166 g/mol. The van der Waals surface area contributed by atoms with Crippen LogP contribution in [0.3, 0.4) is 0 Å². The molecule has 1 aromatic rings. The number of nitrogen functional groups attached to an aromatic ring is 1. The summed E-state index contributed by atoms with van der Waals surface area (Å²) in [6.07, 6.45) is 4.58. The lowest BCUT2D eigenvalue weighted by atomic mass is 9.93. The quantitative estimate of drug-likeness (QED) is 0.717. The molecule has 0 spiro atoms. The number of nitrogens with zero attached hydrogens (tertiary/aromatic N) is 3. The predicted octanol–water partition coefficient (Wildman–Crippen LogP) is 1.15. The summed E-state index contributed by atoms with van der Waals surface area (Å²) in [4.78, 5) is 0. The van der Waals surface area contributed by atoms with Gasteiger partial charge in [0.05, 0.1) is 6.04 Å². The van der Waals surface area contributed by atoms with Gasteiger partial charge in [-0.15, -0.1) is 5.10 Å². The number of hydrogen-bond acceptors (Lipinski definition) is 3. The fourth-order valence-electron chi connectivity index (χ4n) is 1.49. The summed E-state index contributed by atoms with van der Waals surface area (Å²) in [5.41, 5.74) is 6.79.